The molecule has 0 saturated carbocycles. The van der Waals surface area contributed by atoms with Crippen molar-refractivity contribution in [3.05, 3.63) is 49.8 Å². The molecule has 5 heteroatoms. The van der Waals surface area contributed by atoms with Gasteiger partial charge in [-0.25, -0.2) is 0 Å². The average molecular weight is 391 g/mol. The molecule has 0 aliphatic heterocycles. The Bertz CT molecular complexity index is 551. The molecule has 2 aromatic rings. The van der Waals surface area contributed by atoms with Crippen LogP contribution in [0.4, 0.5) is 0 Å². The van der Waals surface area contributed by atoms with Gasteiger partial charge >= 0.3 is 0 Å². The number of halogens is 2. The van der Waals surface area contributed by atoms with Crippen LogP contribution in [0.2, 0.25) is 0 Å². The van der Waals surface area contributed by atoms with E-state index in [1.807, 2.05) is 18.2 Å². The predicted octanol–water partition coefficient (Wildman–Crippen LogP) is 3.02. The third kappa shape index (κ3) is 2.35. The number of hydrogen-bond donors (Lipinski definition) is 0. The highest BCUT2D eigenvalue weighted by Crippen LogP contribution is 2.21. The monoisotopic (exact) mass is 390 g/mol. The predicted molar refractivity (Wildman–Crippen MR) is 73.5 cm³/mol. The number of aryl methyl sites for hydroxylation is 1. The fourth-order valence-corrected chi connectivity index (χ4v) is 2.26. The van der Waals surface area contributed by atoms with Gasteiger partial charge in [0.05, 0.1) is 0 Å². The summed E-state index contributed by atoms with van der Waals surface area (Å²) in [5, 5.41) is 4.10. The van der Waals surface area contributed by atoms with E-state index in [9.17, 15) is 4.79 Å². The molecule has 0 saturated heterocycles. The lowest BCUT2D eigenvalue weighted by Gasteiger charge is -2.02. The Kier molecular flexibility index (Phi) is 3.44. The topological polar surface area (TPSA) is 34.9 Å². The van der Waals surface area contributed by atoms with Gasteiger partial charge in [0.15, 0.2) is 0 Å². The highest BCUT2D eigenvalue weighted by molar-refractivity contribution is 14.1. The molecule has 0 fully saturated rings. The van der Waals surface area contributed by atoms with Crippen molar-refractivity contribution in [2.45, 2.75) is 0 Å². The smallest absolute Gasteiger partial charge is 0.214 e. The molecule has 0 spiro atoms. The lowest BCUT2D eigenvalue weighted by atomic mass is 10.1. The van der Waals surface area contributed by atoms with Crippen LogP contribution < -0.4 is 0 Å². The standard InChI is InChI=1S/C11H8BrIN2O/c1-15-5-4-10(14-15)11(16)8-6-7(13)2-3-9(8)12/h2-6H,1H3. The van der Waals surface area contributed by atoms with E-state index < -0.39 is 0 Å². The van der Waals surface area contributed by atoms with Gasteiger partial charge in [-0.2, -0.15) is 5.10 Å². The Balaban J connectivity index is 2.45. The summed E-state index contributed by atoms with van der Waals surface area (Å²) in [6.45, 7) is 0. The number of benzene rings is 1. The van der Waals surface area contributed by atoms with Crippen molar-refractivity contribution in [1.82, 2.24) is 9.78 Å². The number of carbonyl (C=O) groups excluding carboxylic acids is 1. The van der Waals surface area contributed by atoms with Crippen molar-refractivity contribution in [2.24, 2.45) is 7.05 Å². The molecule has 1 heterocycles. The van der Waals surface area contributed by atoms with Crippen LogP contribution in [-0.2, 0) is 7.05 Å². The summed E-state index contributed by atoms with van der Waals surface area (Å²) < 4.78 is 3.44. The lowest BCUT2D eigenvalue weighted by molar-refractivity contribution is 0.103. The van der Waals surface area contributed by atoms with Gasteiger partial charge in [0, 0.05) is 26.9 Å². The SMILES string of the molecule is Cn1ccc(C(=O)c2cc(I)ccc2Br)n1. The Morgan fingerprint density at radius 2 is 2.19 bits per heavy atom. The summed E-state index contributed by atoms with van der Waals surface area (Å²) in [4.78, 5) is 12.1. The van der Waals surface area contributed by atoms with Crippen LogP contribution in [0.1, 0.15) is 16.1 Å². The second-order valence-electron chi connectivity index (χ2n) is 3.33. The molecule has 1 aromatic carbocycles. The molecule has 0 bridgehead atoms. The number of aromatic nitrogens is 2. The van der Waals surface area contributed by atoms with Gasteiger partial charge in [-0.05, 0) is 46.9 Å². The van der Waals surface area contributed by atoms with E-state index in [-0.39, 0.29) is 5.78 Å². The zero-order valence-electron chi connectivity index (χ0n) is 8.45. The van der Waals surface area contributed by atoms with Crippen LogP contribution in [0.3, 0.4) is 0 Å². The van der Waals surface area contributed by atoms with E-state index in [4.69, 9.17) is 0 Å². The Morgan fingerprint density at radius 3 is 2.81 bits per heavy atom. The summed E-state index contributed by atoms with van der Waals surface area (Å²) >= 11 is 5.56. The normalized spacial score (nSPS) is 10.4. The van der Waals surface area contributed by atoms with Crippen LogP contribution in [-0.4, -0.2) is 15.6 Å². The van der Waals surface area contributed by atoms with Crippen LogP contribution in [0.5, 0.6) is 0 Å². The Labute approximate surface area is 115 Å². The minimum absolute atomic E-state index is 0.0639. The summed E-state index contributed by atoms with van der Waals surface area (Å²) in [6.07, 6.45) is 1.76. The Hall–Kier alpha value is -0.690. The number of hydrogen-bond acceptors (Lipinski definition) is 2. The molecule has 1 aromatic heterocycles. The molecule has 0 unspecified atom stereocenters. The second-order valence-corrected chi connectivity index (χ2v) is 5.43. The molecule has 2 rings (SSSR count). The lowest BCUT2D eigenvalue weighted by Crippen LogP contribution is -2.04. The summed E-state index contributed by atoms with van der Waals surface area (Å²) in [6, 6.07) is 7.38. The molecule has 0 aliphatic rings. The van der Waals surface area contributed by atoms with Crippen molar-refractivity contribution < 1.29 is 4.79 Å². The maximum absolute atomic E-state index is 12.1. The number of carbonyl (C=O) groups is 1. The van der Waals surface area contributed by atoms with Gasteiger partial charge in [-0.15, -0.1) is 0 Å². The maximum Gasteiger partial charge on any atom is 0.214 e. The van der Waals surface area contributed by atoms with Crippen molar-refractivity contribution in [1.29, 1.82) is 0 Å². The van der Waals surface area contributed by atoms with Gasteiger partial charge in [0.25, 0.3) is 0 Å². The quantitative estimate of drug-likeness (QED) is 0.583. The van der Waals surface area contributed by atoms with E-state index in [0.717, 1.165) is 8.04 Å². The fourth-order valence-electron chi connectivity index (χ4n) is 1.35. The molecule has 16 heavy (non-hydrogen) atoms. The zero-order chi connectivity index (χ0) is 11.7. The first-order valence-electron chi connectivity index (χ1n) is 4.57. The molecule has 82 valence electrons. The van der Waals surface area contributed by atoms with E-state index in [2.05, 4.69) is 43.6 Å². The minimum atomic E-state index is -0.0639. The number of nitrogens with zero attached hydrogens (tertiary/aromatic N) is 2. The molecule has 0 N–H and O–H groups in total. The number of ketones is 1. The van der Waals surface area contributed by atoms with Gasteiger partial charge in [0.1, 0.15) is 5.69 Å². The first kappa shape index (κ1) is 11.8. The van der Waals surface area contributed by atoms with Gasteiger partial charge < -0.3 is 0 Å². The van der Waals surface area contributed by atoms with Crippen molar-refractivity contribution in [3.8, 4) is 0 Å². The van der Waals surface area contributed by atoms with E-state index in [1.54, 1.807) is 24.0 Å². The van der Waals surface area contributed by atoms with Gasteiger partial charge in [-0.1, -0.05) is 15.9 Å². The number of rotatable bonds is 2. The summed E-state index contributed by atoms with van der Waals surface area (Å²) in [5.41, 5.74) is 1.11. The zero-order valence-corrected chi connectivity index (χ0v) is 12.2. The third-order valence-corrected chi connectivity index (χ3v) is 3.48. The first-order valence-corrected chi connectivity index (χ1v) is 6.44. The van der Waals surface area contributed by atoms with E-state index in [0.29, 0.717) is 11.3 Å². The molecule has 0 radical (unpaired) electrons. The highest BCUT2D eigenvalue weighted by Gasteiger charge is 2.15. The summed E-state index contributed by atoms with van der Waals surface area (Å²) in [5.74, 6) is -0.0639. The van der Waals surface area contributed by atoms with Crippen LogP contribution in [0, 0.1) is 3.57 Å². The highest BCUT2D eigenvalue weighted by atomic mass is 127. The van der Waals surface area contributed by atoms with Crippen LogP contribution in [0.15, 0.2) is 34.9 Å². The fraction of sp³-hybridized carbons (Fsp3) is 0.0909. The molecular weight excluding hydrogens is 383 g/mol. The maximum atomic E-state index is 12.1. The average Bonchev–Trinajstić information content (AvgIpc) is 2.67. The van der Waals surface area contributed by atoms with Gasteiger partial charge in [-0.3, -0.25) is 9.48 Å². The third-order valence-electron chi connectivity index (χ3n) is 2.12. The van der Waals surface area contributed by atoms with E-state index in [1.165, 1.54) is 0 Å². The van der Waals surface area contributed by atoms with Crippen LogP contribution >= 0.6 is 38.5 Å². The van der Waals surface area contributed by atoms with Crippen molar-refractivity contribution >= 4 is 44.3 Å². The molecule has 0 aliphatic carbocycles. The minimum Gasteiger partial charge on any atom is -0.287 e. The van der Waals surface area contributed by atoms with Crippen molar-refractivity contribution in [3.63, 3.8) is 0 Å². The van der Waals surface area contributed by atoms with E-state index >= 15 is 0 Å². The molecule has 0 amide bonds. The second kappa shape index (κ2) is 4.67. The largest absolute Gasteiger partial charge is 0.287 e. The first-order chi connectivity index (χ1) is 7.58. The van der Waals surface area contributed by atoms with Crippen molar-refractivity contribution in [2.75, 3.05) is 0 Å². The van der Waals surface area contributed by atoms with Gasteiger partial charge in [0.2, 0.25) is 5.78 Å². The molecule has 3 nitrogen and oxygen atoms in total. The summed E-state index contributed by atoms with van der Waals surface area (Å²) in [7, 11) is 1.79. The van der Waals surface area contributed by atoms with Crippen LogP contribution in [0.25, 0.3) is 0 Å². The Morgan fingerprint density at radius 1 is 1.44 bits per heavy atom. The molecular formula is C11H8BrIN2O. The molecule has 0 atom stereocenters.